The molecular weight excluding hydrogens is 630 g/mol. The molecule has 1 aliphatic rings. The number of nitrogens with one attached hydrogen (secondary N) is 2. The van der Waals surface area contributed by atoms with Gasteiger partial charge >= 0.3 is 0 Å². The third kappa shape index (κ3) is 6.02. The molecule has 2 heterocycles. The Bertz CT molecular complexity index is 1640. The van der Waals surface area contributed by atoms with Crippen molar-refractivity contribution < 1.29 is 19.4 Å². The van der Waals surface area contributed by atoms with Crippen LogP contribution in [0.1, 0.15) is 31.0 Å². The van der Waals surface area contributed by atoms with Gasteiger partial charge in [0.1, 0.15) is 11.8 Å². The number of nitrogens with zero attached hydrogens (tertiary/aromatic N) is 3. The van der Waals surface area contributed by atoms with Gasteiger partial charge in [0.15, 0.2) is 11.5 Å². The first-order valence-corrected chi connectivity index (χ1v) is 14.9. The quantitative estimate of drug-likeness (QED) is 0.165. The minimum absolute atomic E-state index is 0.0441. The number of fused-ring (bicyclic) bond motifs is 1. The number of allylic oxidation sites excluding steroid dienone is 1. The number of carbonyl (C=O) groups excluding carboxylic acids is 1. The molecule has 9 nitrogen and oxygen atoms in total. The highest BCUT2D eigenvalue weighted by Crippen LogP contribution is 2.43. The van der Waals surface area contributed by atoms with Crippen molar-refractivity contribution in [1.82, 2.24) is 14.8 Å². The molecule has 41 heavy (non-hydrogen) atoms. The summed E-state index contributed by atoms with van der Waals surface area (Å²) in [5, 5.41) is 22.7. The van der Waals surface area contributed by atoms with E-state index in [1.165, 1.54) is 18.9 Å². The van der Waals surface area contributed by atoms with Crippen LogP contribution in [0.3, 0.4) is 0 Å². The molecule has 0 fully saturated rings. The predicted molar refractivity (Wildman–Crippen MR) is 164 cm³/mol. The number of anilines is 2. The van der Waals surface area contributed by atoms with Crippen LogP contribution in [0.2, 0.25) is 5.02 Å². The van der Waals surface area contributed by atoms with Gasteiger partial charge in [0.25, 0.3) is 5.91 Å². The Kier molecular flexibility index (Phi) is 8.77. The van der Waals surface area contributed by atoms with E-state index in [1.807, 2.05) is 50.2 Å². The van der Waals surface area contributed by atoms with E-state index in [9.17, 15) is 9.90 Å². The number of carbonyl (C=O) groups is 1. The van der Waals surface area contributed by atoms with E-state index >= 15 is 0 Å². The molecule has 0 saturated heterocycles. The number of para-hydroxylation sites is 2. The number of hydrogen-bond donors (Lipinski definition) is 3. The van der Waals surface area contributed by atoms with E-state index in [0.717, 1.165) is 5.56 Å². The van der Waals surface area contributed by atoms with Gasteiger partial charge in [-0.15, -0.1) is 5.10 Å². The molecule has 1 atom stereocenters. The van der Waals surface area contributed by atoms with Gasteiger partial charge in [0.2, 0.25) is 11.1 Å². The second kappa shape index (κ2) is 12.5. The van der Waals surface area contributed by atoms with Gasteiger partial charge in [-0.1, -0.05) is 53.7 Å². The first-order valence-electron chi connectivity index (χ1n) is 12.7. The summed E-state index contributed by atoms with van der Waals surface area (Å²) >= 11 is 11.2. The molecule has 1 aromatic heterocycles. The average Bonchev–Trinajstić information content (AvgIpc) is 3.36. The summed E-state index contributed by atoms with van der Waals surface area (Å²) < 4.78 is 13.2. The number of methoxy groups -OCH3 is 1. The van der Waals surface area contributed by atoms with E-state index in [1.54, 1.807) is 28.9 Å². The zero-order valence-corrected chi connectivity index (χ0v) is 25.6. The molecule has 212 valence electrons. The summed E-state index contributed by atoms with van der Waals surface area (Å²) in [6.45, 7) is 4.16. The van der Waals surface area contributed by atoms with Gasteiger partial charge in [-0.2, -0.15) is 4.98 Å². The standard InChI is InChI=1S/C29H27BrClN5O4S/c1-4-40-22-12-8-7-11-21(22)33-27(38)24-16(2)32-28-34-29(41-15-17-9-5-6-10-20(17)31)35-36(28)25(24)18-13-19(30)26(37)23(14-18)39-3/h5-14,25,37H,4,15H2,1-3H3,(H,33,38)(H,32,34,35). The lowest BCUT2D eigenvalue weighted by Crippen LogP contribution is -2.31. The fourth-order valence-electron chi connectivity index (χ4n) is 4.50. The summed E-state index contributed by atoms with van der Waals surface area (Å²) in [6, 6.07) is 17.6. The first-order chi connectivity index (χ1) is 19.8. The van der Waals surface area contributed by atoms with Crippen LogP contribution < -0.4 is 20.1 Å². The lowest BCUT2D eigenvalue weighted by atomic mass is 9.94. The van der Waals surface area contributed by atoms with Crippen molar-refractivity contribution in [3.8, 4) is 17.2 Å². The van der Waals surface area contributed by atoms with E-state index in [-0.39, 0.29) is 17.4 Å². The van der Waals surface area contributed by atoms with Crippen LogP contribution >= 0.6 is 39.3 Å². The Morgan fingerprint density at radius 2 is 1.95 bits per heavy atom. The van der Waals surface area contributed by atoms with Crippen LogP contribution in [0.5, 0.6) is 17.2 Å². The number of rotatable bonds is 9. The second-order valence-electron chi connectivity index (χ2n) is 9.05. The SMILES string of the molecule is CCOc1ccccc1NC(=O)C1=C(C)Nc2nc(SCc3ccccc3Cl)nn2C1c1cc(Br)c(O)c(OC)c1. The maximum Gasteiger partial charge on any atom is 0.255 e. The Balaban J connectivity index is 1.55. The molecule has 3 N–H and O–H groups in total. The number of halogens is 2. The van der Waals surface area contributed by atoms with E-state index < -0.39 is 6.04 Å². The second-order valence-corrected chi connectivity index (χ2v) is 11.2. The Morgan fingerprint density at radius 3 is 2.71 bits per heavy atom. The summed E-state index contributed by atoms with van der Waals surface area (Å²) in [5.74, 6) is 1.47. The van der Waals surface area contributed by atoms with Crippen LogP contribution in [-0.2, 0) is 10.5 Å². The van der Waals surface area contributed by atoms with Crippen LogP contribution in [0, 0.1) is 0 Å². The number of aromatic nitrogens is 3. The van der Waals surface area contributed by atoms with Gasteiger partial charge < -0.3 is 25.2 Å². The summed E-state index contributed by atoms with van der Waals surface area (Å²) in [4.78, 5) is 18.7. The zero-order chi connectivity index (χ0) is 29.1. The largest absolute Gasteiger partial charge is 0.503 e. The van der Waals surface area contributed by atoms with Crippen molar-refractivity contribution in [3.63, 3.8) is 0 Å². The molecule has 1 amide bonds. The zero-order valence-electron chi connectivity index (χ0n) is 22.4. The lowest BCUT2D eigenvalue weighted by Gasteiger charge is -2.29. The number of phenolic OH excluding ortho intramolecular Hbond substituents is 1. The topological polar surface area (TPSA) is 111 Å². The van der Waals surface area contributed by atoms with Gasteiger partial charge in [-0.05, 0) is 71.2 Å². The average molecular weight is 657 g/mol. The Hall–Kier alpha value is -3.67. The molecule has 12 heteroatoms. The van der Waals surface area contributed by atoms with Crippen molar-refractivity contribution in [3.05, 3.63) is 92.6 Å². The summed E-state index contributed by atoms with van der Waals surface area (Å²) in [6.07, 6.45) is 0. The first kappa shape index (κ1) is 28.8. The smallest absolute Gasteiger partial charge is 0.255 e. The van der Waals surface area contributed by atoms with Crippen molar-refractivity contribution >= 4 is 56.8 Å². The number of aromatic hydroxyl groups is 1. The molecule has 0 bridgehead atoms. The number of amides is 1. The Morgan fingerprint density at radius 1 is 1.20 bits per heavy atom. The number of hydrogen-bond acceptors (Lipinski definition) is 8. The number of thioether (sulfide) groups is 1. The van der Waals surface area contributed by atoms with Gasteiger partial charge in [0, 0.05) is 16.5 Å². The lowest BCUT2D eigenvalue weighted by molar-refractivity contribution is -0.113. The molecule has 0 aliphatic carbocycles. The molecular formula is C29H27BrClN5O4S. The maximum absolute atomic E-state index is 14.0. The van der Waals surface area contributed by atoms with Crippen molar-refractivity contribution in [2.75, 3.05) is 24.4 Å². The highest BCUT2D eigenvalue weighted by molar-refractivity contribution is 9.10. The van der Waals surface area contributed by atoms with E-state index in [4.69, 9.17) is 31.2 Å². The summed E-state index contributed by atoms with van der Waals surface area (Å²) in [5.41, 5.74) is 3.18. The van der Waals surface area contributed by atoms with Crippen LogP contribution in [0.25, 0.3) is 0 Å². The van der Waals surface area contributed by atoms with Crippen molar-refractivity contribution in [2.24, 2.45) is 0 Å². The van der Waals surface area contributed by atoms with Crippen LogP contribution in [-0.4, -0.2) is 39.5 Å². The van der Waals surface area contributed by atoms with E-state index in [0.29, 0.717) is 61.2 Å². The predicted octanol–water partition coefficient (Wildman–Crippen LogP) is 7.03. The molecule has 1 aliphatic heterocycles. The van der Waals surface area contributed by atoms with Crippen LogP contribution in [0.15, 0.2) is 81.6 Å². The fourth-order valence-corrected chi connectivity index (χ4v) is 6.08. The number of phenols is 1. The third-order valence-electron chi connectivity index (χ3n) is 6.41. The molecule has 0 radical (unpaired) electrons. The minimum Gasteiger partial charge on any atom is -0.503 e. The Labute approximate surface area is 255 Å². The molecule has 1 unspecified atom stereocenters. The molecule has 0 saturated carbocycles. The molecule has 3 aromatic carbocycles. The molecule has 0 spiro atoms. The van der Waals surface area contributed by atoms with Crippen LogP contribution in [0.4, 0.5) is 11.6 Å². The van der Waals surface area contributed by atoms with Crippen molar-refractivity contribution in [1.29, 1.82) is 0 Å². The maximum atomic E-state index is 14.0. The third-order valence-corrected chi connectivity index (χ3v) is 8.27. The number of ether oxygens (including phenoxy) is 2. The normalized spacial score (nSPS) is 14.3. The van der Waals surface area contributed by atoms with Gasteiger partial charge in [0.05, 0.1) is 29.4 Å². The highest BCUT2D eigenvalue weighted by Gasteiger charge is 2.35. The highest BCUT2D eigenvalue weighted by atomic mass is 79.9. The van der Waals surface area contributed by atoms with Gasteiger partial charge in [-0.3, -0.25) is 4.79 Å². The summed E-state index contributed by atoms with van der Waals surface area (Å²) in [7, 11) is 1.47. The minimum atomic E-state index is -0.696. The number of benzene rings is 3. The molecule has 4 aromatic rings. The fraction of sp³-hybridized carbons (Fsp3) is 0.207. The molecule has 5 rings (SSSR count). The van der Waals surface area contributed by atoms with Crippen molar-refractivity contribution in [2.45, 2.75) is 30.8 Å². The van der Waals surface area contributed by atoms with Gasteiger partial charge in [-0.25, -0.2) is 4.68 Å². The monoisotopic (exact) mass is 655 g/mol. The van der Waals surface area contributed by atoms with E-state index in [2.05, 4.69) is 26.6 Å².